The van der Waals surface area contributed by atoms with Crippen LogP contribution < -0.4 is 10.1 Å². The summed E-state index contributed by atoms with van der Waals surface area (Å²) in [7, 11) is 0. The van der Waals surface area contributed by atoms with E-state index in [0.717, 1.165) is 19.3 Å². The third-order valence-corrected chi connectivity index (χ3v) is 4.24. The molecule has 1 aromatic rings. The van der Waals surface area contributed by atoms with Crippen molar-refractivity contribution in [2.24, 2.45) is 5.41 Å². The van der Waals surface area contributed by atoms with E-state index in [2.05, 4.69) is 15.0 Å². The van der Waals surface area contributed by atoms with Gasteiger partial charge in [-0.1, -0.05) is 19.3 Å². The van der Waals surface area contributed by atoms with Gasteiger partial charge in [-0.25, -0.2) is 4.98 Å². The molecule has 1 amide bonds. The Kier molecular flexibility index (Phi) is 5.86. The van der Waals surface area contributed by atoms with Crippen LogP contribution in [-0.4, -0.2) is 41.3 Å². The van der Waals surface area contributed by atoms with Crippen LogP contribution in [0.25, 0.3) is 0 Å². The van der Waals surface area contributed by atoms with Crippen molar-refractivity contribution >= 4 is 11.9 Å². The van der Waals surface area contributed by atoms with Crippen LogP contribution >= 0.6 is 0 Å². The van der Waals surface area contributed by atoms with Crippen molar-refractivity contribution in [3.8, 4) is 5.88 Å². The molecule has 1 aliphatic carbocycles. The van der Waals surface area contributed by atoms with Gasteiger partial charge in [0.15, 0.2) is 6.61 Å². The Labute approximate surface area is 142 Å². The highest BCUT2D eigenvalue weighted by atomic mass is 19.4. The summed E-state index contributed by atoms with van der Waals surface area (Å²) in [5.74, 6) is -2.13. The minimum Gasteiger partial charge on any atom is -0.481 e. The van der Waals surface area contributed by atoms with Gasteiger partial charge in [0.1, 0.15) is 5.56 Å². The number of hydrogen-bond acceptors (Lipinski definition) is 4. The van der Waals surface area contributed by atoms with Crippen LogP contribution in [0.3, 0.4) is 0 Å². The molecule has 0 saturated heterocycles. The van der Waals surface area contributed by atoms with Gasteiger partial charge in [-0.2, -0.15) is 13.2 Å². The van der Waals surface area contributed by atoms with Gasteiger partial charge in [0.05, 0.1) is 5.41 Å². The van der Waals surface area contributed by atoms with Crippen LogP contribution in [0.2, 0.25) is 0 Å². The van der Waals surface area contributed by atoms with Crippen molar-refractivity contribution in [2.75, 3.05) is 13.2 Å². The number of aliphatic carboxylic acids is 1. The van der Waals surface area contributed by atoms with Crippen molar-refractivity contribution in [1.82, 2.24) is 10.3 Å². The van der Waals surface area contributed by atoms with Gasteiger partial charge >= 0.3 is 12.1 Å². The van der Waals surface area contributed by atoms with Gasteiger partial charge in [-0.3, -0.25) is 9.59 Å². The minimum atomic E-state index is -4.55. The Hall–Kier alpha value is -2.32. The highest BCUT2D eigenvalue weighted by Crippen LogP contribution is 2.36. The Balaban J connectivity index is 2.06. The monoisotopic (exact) mass is 360 g/mol. The Morgan fingerprint density at radius 3 is 2.56 bits per heavy atom. The second-order valence-corrected chi connectivity index (χ2v) is 6.09. The van der Waals surface area contributed by atoms with E-state index in [0.29, 0.717) is 12.8 Å². The molecule has 0 spiro atoms. The van der Waals surface area contributed by atoms with Gasteiger partial charge in [0, 0.05) is 12.7 Å². The standard InChI is InChI=1S/C16H19F3N2O4/c17-16(18,19)10-25-13-11(5-4-8-20-13)12(22)21-9-15(14(23)24)6-2-1-3-7-15/h4-5,8H,1-3,6-7,9-10H2,(H,21,22)(H,23,24). The second-order valence-electron chi connectivity index (χ2n) is 6.09. The van der Waals surface area contributed by atoms with Gasteiger partial charge in [-0.05, 0) is 25.0 Å². The zero-order chi connectivity index (χ0) is 18.5. The maximum absolute atomic E-state index is 12.3. The first-order valence-electron chi connectivity index (χ1n) is 7.90. The molecule has 0 aromatic carbocycles. The van der Waals surface area contributed by atoms with Gasteiger partial charge in [0.25, 0.3) is 5.91 Å². The largest absolute Gasteiger partial charge is 0.481 e. The number of halogens is 3. The molecule has 1 aromatic heterocycles. The van der Waals surface area contributed by atoms with Crippen molar-refractivity contribution in [2.45, 2.75) is 38.3 Å². The molecule has 1 saturated carbocycles. The van der Waals surface area contributed by atoms with E-state index in [1.807, 2.05) is 0 Å². The third-order valence-electron chi connectivity index (χ3n) is 4.24. The number of carboxylic acids is 1. The first-order valence-corrected chi connectivity index (χ1v) is 7.90. The van der Waals surface area contributed by atoms with E-state index >= 15 is 0 Å². The highest BCUT2D eigenvalue weighted by molar-refractivity contribution is 5.96. The molecule has 1 heterocycles. The fraction of sp³-hybridized carbons (Fsp3) is 0.562. The molecule has 2 N–H and O–H groups in total. The van der Waals surface area contributed by atoms with Crippen LogP contribution in [0.15, 0.2) is 18.3 Å². The number of ether oxygens (including phenoxy) is 1. The fourth-order valence-electron chi connectivity index (χ4n) is 2.87. The van der Waals surface area contributed by atoms with E-state index < -0.39 is 36.0 Å². The molecule has 1 fully saturated rings. The predicted molar refractivity (Wildman–Crippen MR) is 81.3 cm³/mol. The first-order chi connectivity index (χ1) is 11.7. The number of rotatable bonds is 6. The maximum atomic E-state index is 12.3. The zero-order valence-electron chi connectivity index (χ0n) is 13.4. The molecular weight excluding hydrogens is 341 g/mol. The van der Waals surface area contributed by atoms with E-state index in [1.165, 1.54) is 18.3 Å². The number of aromatic nitrogens is 1. The average Bonchev–Trinajstić information content (AvgIpc) is 2.58. The van der Waals surface area contributed by atoms with Crippen LogP contribution in [0.5, 0.6) is 5.88 Å². The lowest BCUT2D eigenvalue weighted by atomic mass is 9.74. The summed E-state index contributed by atoms with van der Waals surface area (Å²) in [4.78, 5) is 27.5. The number of amides is 1. The number of carbonyl (C=O) groups is 2. The predicted octanol–water partition coefficient (Wildman–Crippen LogP) is 2.79. The lowest BCUT2D eigenvalue weighted by Crippen LogP contribution is -2.44. The number of carbonyl (C=O) groups excluding carboxylic acids is 1. The van der Waals surface area contributed by atoms with Crippen molar-refractivity contribution < 1.29 is 32.6 Å². The molecular formula is C16H19F3N2O4. The van der Waals surface area contributed by atoms with Crippen LogP contribution in [0.4, 0.5) is 13.2 Å². The summed E-state index contributed by atoms with van der Waals surface area (Å²) in [6.45, 7) is -1.65. The molecule has 9 heteroatoms. The normalized spacial score (nSPS) is 16.9. The topological polar surface area (TPSA) is 88.5 Å². The van der Waals surface area contributed by atoms with Gasteiger partial charge in [0.2, 0.25) is 5.88 Å². The maximum Gasteiger partial charge on any atom is 0.422 e. The van der Waals surface area contributed by atoms with E-state index in [-0.39, 0.29) is 12.1 Å². The number of pyridine rings is 1. The summed E-state index contributed by atoms with van der Waals surface area (Å²) >= 11 is 0. The SMILES string of the molecule is O=C(NCC1(C(=O)O)CCCCC1)c1cccnc1OCC(F)(F)F. The van der Waals surface area contributed by atoms with E-state index in [1.54, 1.807) is 0 Å². The minimum absolute atomic E-state index is 0.0885. The molecule has 25 heavy (non-hydrogen) atoms. The number of alkyl halides is 3. The van der Waals surface area contributed by atoms with Crippen molar-refractivity contribution in [1.29, 1.82) is 0 Å². The molecule has 0 aliphatic heterocycles. The summed E-state index contributed by atoms with van der Waals surface area (Å²) in [6.07, 6.45) is 0.0221. The number of nitrogens with zero attached hydrogens (tertiary/aromatic N) is 1. The van der Waals surface area contributed by atoms with Crippen LogP contribution in [0, 0.1) is 5.41 Å². The number of hydrogen-bond donors (Lipinski definition) is 2. The second kappa shape index (κ2) is 7.71. The summed E-state index contributed by atoms with van der Waals surface area (Å²) < 4.78 is 41.4. The zero-order valence-corrected chi connectivity index (χ0v) is 13.4. The van der Waals surface area contributed by atoms with Crippen molar-refractivity contribution in [3.63, 3.8) is 0 Å². The lowest BCUT2D eigenvalue weighted by molar-refractivity contribution is -0.154. The molecule has 0 atom stereocenters. The highest BCUT2D eigenvalue weighted by Gasteiger charge is 2.40. The molecule has 6 nitrogen and oxygen atoms in total. The smallest absolute Gasteiger partial charge is 0.422 e. The molecule has 1 aliphatic rings. The molecule has 0 bridgehead atoms. The van der Waals surface area contributed by atoms with Crippen molar-refractivity contribution in [3.05, 3.63) is 23.9 Å². The van der Waals surface area contributed by atoms with Crippen LogP contribution in [-0.2, 0) is 4.79 Å². The Morgan fingerprint density at radius 2 is 1.96 bits per heavy atom. The molecule has 138 valence electrons. The summed E-state index contributed by atoms with van der Waals surface area (Å²) in [5.41, 5.74) is -1.20. The molecule has 0 unspecified atom stereocenters. The lowest BCUT2D eigenvalue weighted by Gasteiger charge is -2.33. The first kappa shape index (κ1) is 19.0. The quantitative estimate of drug-likeness (QED) is 0.814. The van der Waals surface area contributed by atoms with E-state index in [9.17, 15) is 27.9 Å². The third kappa shape index (κ3) is 5.07. The van der Waals surface area contributed by atoms with Gasteiger partial charge < -0.3 is 15.2 Å². The number of carboxylic acid groups (broad SMARTS) is 1. The van der Waals surface area contributed by atoms with E-state index in [4.69, 9.17) is 0 Å². The number of nitrogens with one attached hydrogen (secondary N) is 1. The summed E-state index contributed by atoms with van der Waals surface area (Å²) in [5, 5.41) is 12.0. The average molecular weight is 360 g/mol. The Bertz CT molecular complexity index is 628. The molecule has 2 rings (SSSR count). The Morgan fingerprint density at radius 1 is 1.28 bits per heavy atom. The fourth-order valence-corrected chi connectivity index (χ4v) is 2.87. The molecule has 0 radical (unpaired) electrons. The summed E-state index contributed by atoms with van der Waals surface area (Å²) in [6, 6.07) is 2.67. The van der Waals surface area contributed by atoms with Gasteiger partial charge in [-0.15, -0.1) is 0 Å². The van der Waals surface area contributed by atoms with Crippen LogP contribution in [0.1, 0.15) is 42.5 Å².